The molecule has 1 atom stereocenters. The van der Waals surface area contributed by atoms with Crippen molar-refractivity contribution in [2.24, 2.45) is 0 Å². The van der Waals surface area contributed by atoms with Crippen molar-refractivity contribution >= 4 is 17.5 Å². The molecular formula is C24H22N2O2. The van der Waals surface area contributed by atoms with Crippen molar-refractivity contribution in [3.05, 3.63) is 101 Å². The quantitative estimate of drug-likeness (QED) is 0.723. The fourth-order valence-corrected chi connectivity index (χ4v) is 3.75. The van der Waals surface area contributed by atoms with E-state index in [0.29, 0.717) is 5.56 Å². The molecule has 140 valence electrons. The Morgan fingerprint density at radius 1 is 0.929 bits per heavy atom. The second kappa shape index (κ2) is 7.31. The molecule has 0 spiro atoms. The van der Waals surface area contributed by atoms with Crippen molar-refractivity contribution in [3.8, 4) is 0 Å². The maximum absolute atomic E-state index is 13.5. The van der Waals surface area contributed by atoms with E-state index in [-0.39, 0.29) is 24.4 Å². The van der Waals surface area contributed by atoms with Crippen molar-refractivity contribution in [1.29, 1.82) is 0 Å². The number of anilines is 1. The summed E-state index contributed by atoms with van der Waals surface area (Å²) in [5, 5.41) is 2.96. The van der Waals surface area contributed by atoms with Gasteiger partial charge in [-0.25, -0.2) is 0 Å². The Labute approximate surface area is 164 Å². The summed E-state index contributed by atoms with van der Waals surface area (Å²) in [7, 11) is 0. The van der Waals surface area contributed by atoms with Crippen LogP contribution in [0.15, 0.2) is 72.8 Å². The third-order valence-electron chi connectivity index (χ3n) is 5.04. The van der Waals surface area contributed by atoms with Gasteiger partial charge in [-0.05, 0) is 37.6 Å². The lowest BCUT2D eigenvalue weighted by atomic mass is 9.94. The first kappa shape index (κ1) is 18.0. The van der Waals surface area contributed by atoms with Gasteiger partial charge in [0.2, 0.25) is 5.91 Å². The molecular weight excluding hydrogens is 348 g/mol. The predicted octanol–water partition coefficient (Wildman–Crippen LogP) is 4.49. The Balaban J connectivity index is 1.89. The molecule has 4 nitrogen and oxygen atoms in total. The Bertz CT molecular complexity index is 1040. The highest BCUT2D eigenvalue weighted by Crippen LogP contribution is 2.37. The van der Waals surface area contributed by atoms with Gasteiger partial charge < -0.3 is 10.2 Å². The van der Waals surface area contributed by atoms with Crippen LogP contribution >= 0.6 is 0 Å². The Morgan fingerprint density at radius 3 is 2.43 bits per heavy atom. The molecule has 0 saturated carbocycles. The molecule has 0 radical (unpaired) electrons. The zero-order valence-corrected chi connectivity index (χ0v) is 16.0. The summed E-state index contributed by atoms with van der Waals surface area (Å²) >= 11 is 0. The lowest BCUT2D eigenvalue weighted by molar-refractivity contribution is -0.117. The molecule has 3 aromatic rings. The van der Waals surface area contributed by atoms with Crippen LogP contribution in [0.4, 0.5) is 5.69 Å². The topological polar surface area (TPSA) is 49.4 Å². The summed E-state index contributed by atoms with van der Waals surface area (Å²) in [5.41, 5.74) is 5.34. The van der Waals surface area contributed by atoms with Crippen LogP contribution in [0.2, 0.25) is 0 Å². The van der Waals surface area contributed by atoms with Crippen molar-refractivity contribution in [1.82, 2.24) is 4.90 Å². The second-order valence-electron chi connectivity index (χ2n) is 7.25. The van der Waals surface area contributed by atoms with E-state index in [9.17, 15) is 9.59 Å². The fourth-order valence-electron chi connectivity index (χ4n) is 3.75. The van der Waals surface area contributed by atoms with Crippen LogP contribution < -0.4 is 5.32 Å². The first-order valence-corrected chi connectivity index (χ1v) is 9.36. The number of fused-ring (bicyclic) bond motifs is 1. The van der Waals surface area contributed by atoms with Gasteiger partial charge in [-0.15, -0.1) is 0 Å². The monoisotopic (exact) mass is 370 g/mol. The number of nitrogens with zero attached hydrogens (tertiary/aromatic N) is 1. The van der Waals surface area contributed by atoms with Crippen LogP contribution in [-0.4, -0.2) is 23.3 Å². The first-order chi connectivity index (χ1) is 13.5. The summed E-state index contributed by atoms with van der Waals surface area (Å²) < 4.78 is 0. The number of carbonyl (C=O) groups excluding carboxylic acids is 2. The fraction of sp³-hybridized carbons (Fsp3) is 0.167. The average Bonchev–Trinajstić information content (AvgIpc) is 2.83. The molecule has 28 heavy (non-hydrogen) atoms. The van der Waals surface area contributed by atoms with Gasteiger partial charge in [0.05, 0.1) is 6.04 Å². The van der Waals surface area contributed by atoms with E-state index in [1.807, 2.05) is 74.5 Å². The molecule has 3 aromatic carbocycles. The standard InChI is InChI=1S/C24H22N2O2/c1-16-7-6-10-19(13-16)24(28)26-15-22(27)25-21-12-11-17(2)14-20(21)23(26)18-8-4-3-5-9-18/h3-14,23H,15H2,1-2H3,(H,25,27)/t23-/m1/s1. The van der Waals surface area contributed by atoms with E-state index in [1.165, 1.54) is 0 Å². The largest absolute Gasteiger partial charge is 0.324 e. The van der Waals surface area contributed by atoms with E-state index >= 15 is 0 Å². The number of nitrogens with one attached hydrogen (secondary N) is 1. The number of benzene rings is 3. The average molecular weight is 370 g/mol. The summed E-state index contributed by atoms with van der Waals surface area (Å²) in [6.45, 7) is 3.97. The lowest BCUT2D eigenvalue weighted by Crippen LogP contribution is -2.39. The highest BCUT2D eigenvalue weighted by Gasteiger charge is 2.33. The first-order valence-electron chi connectivity index (χ1n) is 9.36. The molecule has 4 heteroatoms. The molecule has 0 aromatic heterocycles. The molecule has 0 unspecified atom stereocenters. The van der Waals surface area contributed by atoms with E-state index in [0.717, 1.165) is 27.9 Å². The number of aryl methyl sites for hydroxylation is 2. The molecule has 0 saturated heterocycles. The third-order valence-corrected chi connectivity index (χ3v) is 5.04. The Hall–Kier alpha value is -3.40. The maximum atomic E-state index is 13.5. The molecule has 1 aliphatic rings. The van der Waals surface area contributed by atoms with Gasteiger partial charge in [0.15, 0.2) is 0 Å². The number of carbonyl (C=O) groups is 2. The van der Waals surface area contributed by atoms with Crippen LogP contribution in [0.1, 0.15) is 38.7 Å². The van der Waals surface area contributed by atoms with Crippen molar-refractivity contribution in [2.75, 3.05) is 11.9 Å². The summed E-state index contributed by atoms with van der Waals surface area (Å²) in [5.74, 6) is -0.341. The van der Waals surface area contributed by atoms with Gasteiger partial charge in [0.25, 0.3) is 5.91 Å². The smallest absolute Gasteiger partial charge is 0.255 e. The highest BCUT2D eigenvalue weighted by atomic mass is 16.2. The van der Waals surface area contributed by atoms with Gasteiger partial charge in [-0.3, -0.25) is 9.59 Å². The molecule has 4 rings (SSSR count). The number of rotatable bonds is 2. The van der Waals surface area contributed by atoms with Crippen LogP contribution in [0.25, 0.3) is 0 Å². The Kier molecular flexibility index (Phi) is 4.70. The van der Waals surface area contributed by atoms with Gasteiger partial charge in [0.1, 0.15) is 6.54 Å². The van der Waals surface area contributed by atoms with Crippen LogP contribution in [0, 0.1) is 13.8 Å². The van der Waals surface area contributed by atoms with Crippen LogP contribution in [0.3, 0.4) is 0 Å². The van der Waals surface area contributed by atoms with Gasteiger partial charge in [-0.2, -0.15) is 0 Å². The number of hydrogen-bond acceptors (Lipinski definition) is 2. The molecule has 1 N–H and O–H groups in total. The molecule has 0 fully saturated rings. The minimum atomic E-state index is -0.344. The van der Waals surface area contributed by atoms with Crippen LogP contribution in [-0.2, 0) is 4.79 Å². The van der Waals surface area contributed by atoms with Crippen molar-refractivity contribution in [2.45, 2.75) is 19.9 Å². The molecule has 2 amide bonds. The van der Waals surface area contributed by atoms with Gasteiger partial charge in [0, 0.05) is 16.8 Å². The number of amides is 2. The molecule has 0 aliphatic carbocycles. The van der Waals surface area contributed by atoms with E-state index in [1.54, 1.807) is 11.0 Å². The summed E-state index contributed by atoms with van der Waals surface area (Å²) in [6, 6.07) is 23.0. The molecule has 1 heterocycles. The maximum Gasteiger partial charge on any atom is 0.255 e. The Morgan fingerprint density at radius 2 is 1.68 bits per heavy atom. The minimum Gasteiger partial charge on any atom is -0.324 e. The van der Waals surface area contributed by atoms with Gasteiger partial charge in [-0.1, -0.05) is 65.7 Å². The molecule has 0 bridgehead atoms. The zero-order valence-electron chi connectivity index (χ0n) is 16.0. The highest BCUT2D eigenvalue weighted by molar-refractivity contribution is 6.01. The summed E-state index contributed by atoms with van der Waals surface area (Å²) in [4.78, 5) is 27.8. The second-order valence-corrected chi connectivity index (χ2v) is 7.25. The molecule has 1 aliphatic heterocycles. The SMILES string of the molecule is Cc1cccc(C(=O)N2CC(=O)Nc3ccc(C)cc3[C@H]2c2ccccc2)c1. The van der Waals surface area contributed by atoms with Crippen molar-refractivity contribution < 1.29 is 9.59 Å². The van der Waals surface area contributed by atoms with E-state index in [2.05, 4.69) is 11.4 Å². The number of hydrogen-bond donors (Lipinski definition) is 1. The predicted molar refractivity (Wildman–Crippen MR) is 110 cm³/mol. The lowest BCUT2D eigenvalue weighted by Gasteiger charge is -2.31. The third kappa shape index (κ3) is 3.41. The van der Waals surface area contributed by atoms with Gasteiger partial charge >= 0.3 is 0 Å². The van der Waals surface area contributed by atoms with E-state index in [4.69, 9.17) is 0 Å². The normalized spacial score (nSPS) is 16.1. The minimum absolute atomic E-state index is 0.0000633. The zero-order chi connectivity index (χ0) is 19.7. The van der Waals surface area contributed by atoms with E-state index < -0.39 is 0 Å². The van der Waals surface area contributed by atoms with Crippen molar-refractivity contribution in [3.63, 3.8) is 0 Å². The van der Waals surface area contributed by atoms with Crippen LogP contribution in [0.5, 0.6) is 0 Å². The summed E-state index contributed by atoms with van der Waals surface area (Å²) in [6.07, 6.45) is 0.